The molecule has 0 heterocycles. The molecule has 1 N–H and O–H groups in total. The lowest BCUT2D eigenvalue weighted by molar-refractivity contribution is -0.111. The van der Waals surface area contributed by atoms with Crippen LogP contribution in [0.3, 0.4) is 0 Å². The second-order valence-electron chi connectivity index (χ2n) is 4.42. The van der Waals surface area contributed by atoms with Crippen molar-refractivity contribution >= 4 is 28.1 Å². The predicted molar refractivity (Wildman–Crippen MR) is 68.6 cm³/mol. The summed E-state index contributed by atoms with van der Waals surface area (Å²) in [5, 5.41) is 11.7. The van der Waals surface area contributed by atoms with Gasteiger partial charge in [-0.3, -0.25) is 9.59 Å². The van der Waals surface area contributed by atoms with Gasteiger partial charge in [-0.05, 0) is 35.4 Å². The van der Waals surface area contributed by atoms with Crippen molar-refractivity contribution in [1.29, 1.82) is 0 Å². The molecule has 0 aliphatic heterocycles. The SMILES string of the molecule is Cc1cccc2cc3c(cc12)C(O)=CC(=O)C3=O. The zero-order valence-electron chi connectivity index (χ0n) is 9.73. The molecule has 0 radical (unpaired) electrons. The fourth-order valence-corrected chi connectivity index (χ4v) is 2.28. The Bertz CT molecular complexity index is 739. The number of aliphatic hydroxyl groups is 1. The van der Waals surface area contributed by atoms with E-state index in [4.69, 9.17) is 0 Å². The van der Waals surface area contributed by atoms with E-state index in [1.165, 1.54) is 0 Å². The van der Waals surface area contributed by atoms with Gasteiger partial charge in [0.25, 0.3) is 0 Å². The molecule has 0 amide bonds. The monoisotopic (exact) mass is 238 g/mol. The van der Waals surface area contributed by atoms with Gasteiger partial charge < -0.3 is 5.11 Å². The second kappa shape index (κ2) is 3.53. The molecule has 0 spiro atoms. The first-order chi connectivity index (χ1) is 8.58. The van der Waals surface area contributed by atoms with Gasteiger partial charge in [0.2, 0.25) is 11.6 Å². The number of allylic oxidation sites excluding steroid dienone is 1. The number of benzene rings is 2. The minimum Gasteiger partial charge on any atom is -0.507 e. The van der Waals surface area contributed by atoms with Gasteiger partial charge in [-0.25, -0.2) is 0 Å². The maximum atomic E-state index is 11.8. The molecule has 0 bridgehead atoms. The Morgan fingerprint density at radius 1 is 1.06 bits per heavy atom. The van der Waals surface area contributed by atoms with Crippen LogP contribution in [0.25, 0.3) is 16.5 Å². The van der Waals surface area contributed by atoms with E-state index in [1.54, 1.807) is 12.1 Å². The van der Waals surface area contributed by atoms with Crippen molar-refractivity contribution in [1.82, 2.24) is 0 Å². The average molecular weight is 238 g/mol. The van der Waals surface area contributed by atoms with Crippen LogP contribution >= 0.6 is 0 Å². The number of hydrogen-bond acceptors (Lipinski definition) is 3. The van der Waals surface area contributed by atoms with Crippen molar-refractivity contribution in [2.24, 2.45) is 0 Å². The van der Waals surface area contributed by atoms with Crippen LogP contribution in [0.5, 0.6) is 0 Å². The first-order valence-electron chi connectivity index (χ1n) is 5.61. The molecule has 0 aromatic heterocycles. The number of ketones is 2. The molecule has 18 heavy (non-hydrogen) atoms. The number of carbonyl (C=O) groups is 2. The highest BCUT2D eigenvalue weighted by Crippen LogP contribution is 2.29. The first-order valence-corrected chi connectivity index (χ1v) is 5.61. The first kappa shape index (κ1) is 10.7. The van der Waals surface area contributed by atoms with Crippen molar-refractivity contribution < 1.29 is 14.7 Å². The molecular formula is C15H10O3. The van der Waals surface area contributed by atoms with Crippen molar-refractivity contribution in [3.8, 4) is 0 Å². The Balaban J connectivity index is 2.42. The zero-order chi connectivity index (χ0) is 12.9. The summed E-state index contributed by atoms with van der Waals surface area (Å²) in [7, 11) is 0. The molecule has 3 heteroatoms. The van der Waals surface area contributed by atoms with Gasteiger partial charge in [0.15, 0.2) is 0 Å². The lowest BCUT2D eigenvalue weighted by atomic mass is 9.90. The van der Waals surface area contributed by atoms with Crippen LogP contribution in [0, 0.1) is 6.92 Å². The molecular weight excluding hydrogens is 228 g/mol. The number of hydrogen-bond donors (Lipinski definition) is 1. The minimum absolute atomic E-state index is 0.139. The van der Waals surface area contributed by atoms with Gasteiger partial charge in [-0.2, -0.15) is 0 Å². The molecule has 2 aromatic rings. The molecule has 0 saturated heterocycles. The van der Waals surface area contributed by atoms with Crippen LogP contribution in [0.15, 0.2) is 36.4 Å². The van der Waals surface area contributed by atoms with E-state index in [9.17, 15) is 14.7 Å². The third-order valence-electron chi connectivity index (χ3n) is 3.25. The summed E-state index contributed by atoms with van der Waals surface area (Å²) in [6.45, 7) is 1.96. The van der Waals surface area contributed by atoms with Crippen LogP contribution in [0.4, 0.5) is 0 Å². The average Bonchev–Trinajstić information content (AvgIpc) is 2.35. The zero-order valence-corrected chi connectivity index (χ0v) is 9.73. The van der Waals surface area contributed by atoms with Crippen LogP contribution in [0.1, 0.15) is 21.5 Å². The molecule has 3 rings (SSSR count). The van der Waals surface area contributed by atoms with E-state index >= 15 is 0 Å². The summed E-state index contributed by atoms with van der Waals surface area (Å²) in [5.74, 6) is -1.38. The third kappa shape index (κ3) is 1.37. The van der Waals surface area contributed by atoms with Gasteiger partial charge in [-0.1, -0.05) is 18.2 Å². The minimum atomic E-state index is -0.674. The number of fused-ring (bicyclic) bond motifs is 2. The summed E-state index contributed by atoms with van der Waals surface area (Å²) in [6.07, 6.45) is 0.981. The number of rotatable bonds is 0. The molecule has 1 aliphatic carbocycles. The molecule has 1 aliphatic rings. The Hall–Kier alpha value is -2.42. The second-order valence-corrected chi connectivity index (χ2v) is 4.42. The third-order valence-corrected chi connectivity index (χ3v) is 3.25. The summed E-state index contributed by atoms with van der Waals surface area (Å²) in [5.41, 5.74) is 1.77. The summed E-state index contributed by atoms with van der Waals surface area (Å²) in [4.78, 5) is 23.2. The number of Topliss-reactive ketones (excluding diaryl/α,β-unsaturated/α-hetero) is 1. The Kier molecular flexibility index (Phi) is 2.10. The van der Waals surface area contributed by atoms with Crippen molar-refractivity contribution in [2.75, 3.05) is 0 Å². The van der Waals surface area contributed by atoms with Crippen LogP contribution < -0.4 is 0 Å². The molecule has 3 nitrogen and oxygen atoms in total. The van der Waals surface area contributed by atoms with Gasteiger partial charge >= 0.3 is 0 Å². The highest BCUT2D eigenvalue weighted by Gasteiger charge is 2.26. The van der Waals surface area contributed by atoms with Gasteiger partial charge in [0.05, 0.1) is 0 Å². The Morgan fingerprint density at radius 2 is 1.83 bits per heavy atom. The molecule has 0 unspecified atom stereocenters. The lowest BCUT2D eigenvalue weighted by Crippen LogP contribution is -2.18. The summed E-state index contributed by atoms with van der Waals surface area (Å²) in [6, 6.07) is 9.17. The topological polar surface area (TPSA) is 54.4 Å². The largest absolute Gasteiger partial charge is 0.507 e. The highest BCUT2D eigenvalue weighted by molar-refractivity contribution is 6.50. The van der Waals surface area contributed by atoms with E-state index in [2.05, 4.69) is 0 Å². The maximum absolute atomic E-state index is 11.8. The Labute approximate surface area is 103 Å². The summed E-state index contributed by atoms with van der Waals surface area (Å²) >= 11 is 0. The number of aliphatic hydroxyl groups excluding tert-OH is 1. The van der Waals surface area contributed by atoms with Crippen molar-refractivity contribution in [3.05, 3.63) is 53.1 Å². The predicted octanol–water partition coefficient (Wildman–Crippen LogP) is 2.81. The van der Waals surface area contributed by atoms with Crippen LogP contribution in [0.2, 0.25) is 0 Å². The van der Waals surface area contributed by atoms with Crippen molar-refractivity contribution in [2.45, 2.75) is 6.92 Å². The fraction of sp³-hybridized carbons (Fsp3) is 0.0667. The number of aryl methyl sites for hydroxylation is 1. The van der Waals surface area contributed by atoms with Crippen molar-refractivity contribution in [3.63, 3.8) is 0 Å². The van der Waals surface area contributed by atoms with E-state index < -0.39 is 11.6 Å². The van der Waals surface area contributed by atoms with Gasteiger partial charge in [0, 0.05) is 17.2 Å². The molecule has 0 atom stereocenters. The van der Waals surface area contributed by atoms with Crippen LogP contribution in [-0.2, 0) is 4.79 Å². The standard InChI is InChI=1S/C15H10O3/c1-8-3-2-4-9-5-12-11(6-10(8)9)13(16)7-14(17)15(12)18/h2-7,16H,1H3. The van der Waals surface area contributed by atoms with E-state index in [0.717, 1.165) is 22.4 Å². The van der Waals surface area contributed by atoms with Gasteiger partial charge in [-0.15, -0.1) is 0 Å². The molecule has 88 valence electrons. The lowest BCUT2D eigenvalue weighted by Gasteiger charge is -2.14. The quantitative estimate of drug-likeness (QED) is 0.718. The number of carbonyl (C=O) groups excluding carboxylic acids is 2. The molecule has 0 fully saturated rings. The highest BCUT2D eigenvalue weighted by atomic mass is 16.3. The Morgan fingerprint density at radius 3 is 2.61 bits per heavy atom. The van der Waals surface area contributed by atoms with Gasteiger partial charge in [0.1, 0.15) is 5.76 Å². The van der Waals surface area contributed by atoms with E-state index in [-0.39, 0.29) is 11.3 Å². The van der Waals surface area contributed by atoms with E-state index in [0.29, 0.717) is 5.56 Å². The van der Waals surface area contributed by atoms with E-state index in [1.807, 2.05) is 25.1 Å². The molecule has 2 aromatic carbocycles. The maximum Gasteiger partial charge on any atom is 0.233 e. The van der Waals surface area contributed by atoms with Crippen LogP contribution in [-0.4, -0.2) is 16.7 Å². The normalized spacial score (nSPS) is 14.6. The molecule has 0 saturated carbocycles. The smallest absolute Gasteiger partial charge is 0.233 e. The summed E-state index contributed by atoms with van der Waals surface area (Å²) < 4.78 is 0. The fourth-order valence-electron chi connectivity index (χ4n) is 2.28.